The van der Waals surface area contributed by atoms with Crippen LogP contribution in [0.25, 0.3) is 0 Å². The van der Waals surface area contributed by atoms with E-state index in [1.807, 2.05) is 12.1 Å². The monoisotopic (exact) mass is 276 g/mol. The molecule has 0 aliphatic rings. The van der Waals surface area contributed by atoms with E-state index in [1.165, 1.54) is 23.4 Å². The van der Waals surface area contributed by atoms with Crippen molar-refractivity contribution in [2.24, 2.45) is 0 Å². The van der Waals surface area contributed by atoms with Crippen LogP contribution in [0.2, 0.25) is 0 Å². The minimum absolute atomic E-state index is 0.105. The van der Waals surface area contributed by atoms with Crippen molar-refractivity contribution in [2.75, 3.05) is 0 Å². The average molecular weight is 276 g/mol. The molecule has 5 heteroatoms. The highest BCUT2D eigenvalue weighted by Crippen LogP contribution is 2.29. The number of aromatic nitrogens is 2. The summed E-state index contributed by atoms with van der Waals surface area (Å²) in [5.74, 6) is -0.998. The van der Waals surface area contributed by atoms with E-state index in [1.54, 1.807) is 0 Å². The molecule has 2 aromatic rings. The summed E-state index contributed by atoms with van der Waals surface area (Å²) in [5.41, 5.74) is 1.50. The maximum absolute atomic E-state index is 10.7. The standard InChI is InChI=1S/C14H16N2O2S/c1-14(2,3)9-4-6-10(7-5-9)19-12-8-11(13(17)18)15-16-12/h4-8H,1-3H3,(H,15,16)(H,17,18). The summed E-state index contributed by atoms with van der Waals surface area (Å²) < 4.78 is 0. The van der Waals surface area contributed by atoms with Crippen molar-refractivity contribution >= 4 is 17.7 Å². The van der Waals surface area contributed by atoms with Gasteiger partial charge in [-0.2, -0.15) is 5.10 Å². The molecule has 0 aliphatic heterocycles. The van der Waals surface area contributed by atoms with Gasteiger partial charge in [0.15, 0.2) is 0 Å². The van der Waals surface area contributed by atoms with Gasteiger partial charge in [-0.05, 0) is 23.1 Å². The van der Waals surface area contributed by atoms with Gasteiger partial charge in [-0.25, -0.2) is 4.79 Å². The number of carbonyl (C=O) groups is 1. The predicted octanol–water partition coefficient (Wildman–Crippen LogP) is 3.56. The highest BCUT2D eigenvalue weighted by molar-refractivity contribution is 7.99. The van der Waals surface area contributed by atoms with Gasteiger partial charge in [-0.1, -0.05) is 44.7 Å². The van der Waals surface area contributed by atoms with Crippen molar-refractivity contribution in [3.05, 3.63) is 41.6 Å². The Morgan fingerprint density at radius 2 is 1.89 bits per heavy atom. The molecule has 0 radical (unpaired) electrons. The van der Waals surface area contributed by atoms with Crippen molar-refractivity contribution in [3.63, 3.8) is 0 Å². The van der Waals surface area contributed by atoms with Crippen LogP contribution in [0.15, 0.2) is 40.3 Å². The molecule has 0 saturated carbocycles. The van der Waals surface area contributed by atoms with Crippen LogP contribution >= 0.6 is 11.8 Å². The number of aromatic carboxylic acids is 1. The molecule has 0 aliphatic carbocycles. The maximum Gasteiger partial charge on any atom is 0.353 e. The molecule has 2 N–H and O–H groups in total. The summed E-state index contributed by atoms with van der Waals surface area (Å²) >= 11 is 1.44. The van der Waals surface area contributed by atoms with Gasteiger partial charge in [0.2, 0.25) is 0 Å². The number of rotatable bonds is 3. The molecule has 0 amide bonds. The second-order valence-electron chi connectivity index (χ2n) is 5.30. The fraction of sp³-hybridized carbons (Fsp3) is 0.286. The predicted molar refractivity (Wildman–Crippen MR) is 74.8 cm³/mol. The smallest absolute Gasteiger partial charge is 0.353 e. The van der Waals surface area contributed by atoms with Crippen molar-refractivity contribution in [3.8, 4) is 0 Å². The SMILES string of the molecule is CC(C)(C)c1ccc(Sc2cc(C(=O)O)[nH]n2)cc1. The summed E-state index contributed by atoms with van der Waals surface area (Å²) in [7, 11) is 0. The van der Waals surface area contributed by atoms with Crippen LogP contribution < -0.4 is 0 Å². The fourth-order valence-electron chi connectivity index (χ4n) is 1.61. The van der Waals surface area contributed by atoms with E-state index >= 15 is 0 Å². The van der Waals surface area contributed by atoms with Crippen molar-refractivity contribution in [1.82, 2.24) is 10.2 Å². The van der Waals surface area contributed by atoms with Crippen molar-refractivity contribution in [1.29, 1.82) is 0 Å². The molecule has 19 heavy (non-hydrogen) atoms. The first-order valence-electron chi connectivity index (χ1n) is 5.93. The lowest BCUT2D eigenvalue weighted by Gasteiger charge is -2.18. The summed E-state index contributed by atoms with van der Waals surface area (Å²) in [6.07, 6.45) is 0. The van der Waals surface area contributed by atoms with E-state index in [4.69, 9.17) is 5.11 Å². The summed E-state index contributed by atoms with van der Waals surface area (Å²) in [6, 6.07) is 9.77. The molecular formula is C14H16N2O2S. The molecule has 0 spiro atoms. The lowest BCUT2D eigenvalue weighted by molar-refractivity contribution is 0.0690. The van der Waals surface area contributed by atoms with Crippen LogP contribution in [0.5, 0.6) is 0 Å². The molecule has 1 heterocycles. The molecule has 0 bridgehead atoms. The zero-order valence-corrected chi connectivity index (χ0v) is 11.9. The van der Waals surface area contributed by atoms with Crippen LogP contribution in [-0.2, 0) is 5.41 Å². The molecule has 100 valence electrons. The highest BCUT2D eigenvalue weighted by Gasteiger charge is 2.13. The summed E-state index contributed by atoms with van der Waals surface area (Å²) in [6.45, 7) is 6.51. The molecule has 0 fully saturated rings. The number of hydrogen-bond donors (Lipinski definition) is 2. The average Bonchev–Trinajstić information content (AvgIpc) is 2.77. The minimum atomic E-state index is -0.998. The first kappa shape index (κ1) is 13.7. The zero-order valence-electron chi connectivity index (χ0n) is 11.1. The number of aromatic amines is 1. The highest BCUT2D eigenvalue weighted by atomic mass is 32.2. The van der Waals surface area contributed by atoms with E-state index in [-0.39, 0.29) is 11.1 Å². The Kier molecular flexibility index (Phi) is 3.66. The zero-order chi connectivity index (χ0) is 14.0. The second kappa shape index (κ2) is 5.09. The summed E-state index contributed by atoms with van der Waals surface area (Å²) in [4.78, 5) is 11.8. The first-order valence-corrected chi connectivity index (χ1v) is 6.75. The molecule has 2 rings (SSSR count). The van der Waals surface area contributed by atoms with Gasteiger partial charge in [0.05, 0.1) is 0 Å². The summed E-state index contributed by atoms with van der Waals surface area (Å²) in [5, 5.41) is 15.9. The quantitative estimate of drug-likeness (QED) is 0.899. The van der Waals surface area contributed by atoms with Crippen LogP contribution in [0.4, 0.5) is 0 Å². The third-order valence-electron chi connectivity index (χ3n) is 2.73. The molecule has 1 aromatic heterocycles. The Morgan fingerprint density at radius 1 is 1.26 bits per heavy atom. The topological polar surface area (TPSA) is 66.0 Å². The number of H-pyrrole nitrogens is 1. The molecule has 1 aromatic carbocycles. The number of carboxylic acids is 1. The Hall–Kier alpha value is -1.75. The Balaban J connectivity index is 2.13. The van der Waals surface area contributed by atoms with Crippen LogP contribution in [-0.4, -0.2) is 21.3 Å². The lowest BCUT2D eigenvalue weighted by atomic mass is 9.87. The molecular weight excluding hydrogens is 260 g/mol. The van der Waals surface area contributed by atoms with Gasteiger partial charge in [-0.3, -0.25) is 5.10 Å². The van der Waals surface area contributed by atoms with E-state index in [2.05, 4.69) is 43.1 Å². The largest absolute Gasteiger partial charge is 0.477 e. The Labute approximate surface area is 116 Å². The van der Waals surface area contributed by atoms with Crippen molar-refractivity contribution in [2.45, 2.75) is 36.1 Å². The number of benzene rings is 1. The number of carboxylic acid groups (broad SMARTS) is 1. The van der Waals surface area contributed by atoms with E-state index in [9.17, 15) is 4.79 Å². The van der Waals surface area contributed by atoms with Crippen molar-refractivity contribution < 1.29 is 9.90 Å². The Bertz CT molecular complexity index is 582. The number of nitrogens with zero attached hydrogens (tertiary/aromatic N) is 1. The minimum Gasteiger partial charge on any atom is -0.477 e. The number of nitrogens with one attached hydrogen (secondary N) is 1. The molecule has 4 nitrogen and oxygen atoms in total. The third-order valence-corrected chi connectivity index (χ3v) is 3.65. The van der Waals surface area contributed by atoms with Gasteiger partial charge < -0.3 is 5.11 Å². The normalized spacial score (nSPS) is 11.5. The number of hydrogen-bond acceptors (Lipinski definition) is 3. The van der Waals surface area contributed by atoms with Gasteiger partial charge in [0.25, 0.3) is 0 Å². The fourth-order valence-corrected chi connectivity index (χ4v) is 2.39. The first-order chi connectivity index (χ1) is 8.86. The van der Waals surface area contributed by atoms with Crippen LogP contribution in [0, 0.1) is 0 Å². The maximum atomic E-state index is 10.7. The third kappa shape index (κ3) is 3.38. The van der Waals surface area contributed by atoms with E-state index in [0.29, 0.717) is 5.03 Å². The molecule has 0 atom stereocenters. The van der Waals surface area contributed by atoms with Gasteiger partial charge in [-0.15, -0.1) is 0 Å². The van der Waals surface area contributed by atoms with Gasteiger partial charge >= 0.3 is 5.97 Å². The second-order valence-corrected chi connectivity index (χ2v) is 6.40. The van der Waals surface area contributed by atoms with Gasteiger partial charge in [0.1, 0.15) is 10.7 Å². The van der Waals surface area contributed by atoms with E-state index in [0.717, 1.165) is 4.90 Å². The lowest BCUT2D eigenvalue weighted by Crippen LogP contribution is -2.10. The van der Waals surface area contributed by atoms with Crippen LogP contribution in [0.3, 0.4) is 0 Å². The van der Waals surface area contributed by atoms with E-state index < -0.39 is 5.97 Å². The van der Waals surface area contributed by atoms with Gasteiger partial charge in [0, 0.05) is 11.0 Å². The molecule has 0 unspecified atom stereocenters. The molecule has 0 saturated heterocycles. The Morgan fingerprint density at radius 3 is 2.37 bits per heavy atom. The van der Waals surface area contributed by atoms with Crippen LogP contribution in [0.1, 0.15) is 36.8 Å².